The largest absolute Gasteiger partial charge is 0.380 e. The molecule has 1 aliphatic heterocycles. The Labute approximate surface area is 164 Å². The van der Waals surface area contributed by atoms with E-state index in [2.05, 4.69) is 58.6 Å². The van der Waals surface area contributed by atoms with E-state index >= 15 is 0 Å². The Hall–Kier alpha value is -1.63. The van der Waals surface area contributed by atoms with Crippen LogP contribution in [0.25, 0.3) is 0 Å². The summed E-state index contributed by atoms with van der Waals surface area (Å²) in [4.78, 5) is 6.70. The third-order valence-corrected chi connectivity index (χ3v) is 4.59. The average molecular weight is 377 g/mol. The molecule has 0 unspecified atom stereocenters. The molecule has 0 aliphatic carbocycles. The summed E-state index contributed by atoms with van der Waals surface area (Å²) in [5.41, 5.74) is 2.60. The van der Waals surface area contributed by atoms with Crippen molar-refractivity contribution in [2.45, 2.75) is 33.4 Å². The Morgan fingerprint density at radius 3 is 2.48 bits per heavy atom. The van der Waals surface area contributed by atoms with E-state index in [1.807, 2.05) is 0 Å². The van der Waals surface area contributed by atoms with Gasteiger partial charge in [0.25, 0.3) is 0 Å². The second-order valence-electron chi connectivity index (χ2n) is 7.35. The normalized spacial score (nSPS) is 15.9. The molecular weight excluding hydrogens is 340 g/mol. The van der Waals surface area contributed by atoms with Gasteiger partial charge in [0.15, 0.2) is 5.96 Å². The number of ether oxygens (including phenoxy) is 2. The van der Waals surface area contributed by atoms with E-state index in [0.717, 1.165) is 64.9 Å². The standard InChI is InChI=1S/C21H36N4O2/c1-18(2)8-12-26-13-9-23-21(22-3)24-16-19-4-6-20(7-5-19)17-25-10-14-27-15-11-25/h4-7,18H,8-17H2,1-3H3,(H2,22,23,24). The molecule has 0 saturated carbocycles. The van der Waals surface area contributed by atoms with Gasteiger partial charge in [0, 0.05) is 46.4 Å². The van der Waals surface area contributed by atoms with Crippen molar-refractivity contribution >= 4 is 5.96 Å². The molecule has 0 spiro atoms. The van der Waals surface area contributed by atoms with Crippen molar-refractivity contribution in [3.63, 3.8) is 0 Å². The molecule has 0 radical (unpaired) electrons. The van der Waals surface area contributed by atoms with Crippen LogP contribution >= 0.6 is 0 Å². The van der Waals surface area contributed by atoms with Crippen LogP contribution in [0.2, 0.25) is 0 Å². The number of nitrogens with one attached hydrogen (secondary N) is 2. The number of nitrogens with zero attached hydrogens (tertiary/aromatic N) is 2. The fraction of sp³-hybridized carbons (Fsp3) is 0.667. The van der Waals surface area contributed by atoms with Crippen molar-refractivity contribution in [3.8, 4) is 0 Å². The average Bonchev–Trinajstić information content (AvgIpc) is 2.68. The highest BCUT2D eigenvalue weighted by molar-refractivity contribution is 5.79. The minimum Gasteiger partial charge on any atom is -0.380 e. The number of morpholine rings is 1. The van der Waals surface area contributed by atoms with E-state index in [9.17, 15) is 0 Å². The first-order valence-electron chi connectivity index (χ1n) is 10.1. The summed E-state index contributed by atoms with van der Waals surface area (Å²) in [6.45, 7) is 12.2. The summed E-state index contributed by atoms with van der Waals surface area (Å²) in [6, 6.07) is 8.80. The Kier molecular flexibility index (Phi) is 10.2. The molecule has 0 aromatic heterocycles. The Morgan fingerprint density at radius 1 is 1.11 bits per heavy atom. The predicted octanol–water partition coefficient (Wildman–Crippen LogP) is 2.25. The second kappa shape index (κ2) is 12.7. The van der Waals surface area contributed by atoms with Crippen molar-refractivity contribution < 1.29 is 9.47 Å². The maximum Gasteiger partial charge on any atom is 0.191 e. The molecule has 1 saturated heterocycles. The summed E-state index contributed by atoms with van der Waals surface area (Å²) in [5.74, 6) is 1.49. The zero-order valence-electron chi connectivity index (χ0n) is 17.2. The van der Waals surface area contributed by atoms with Gasteiger partial charge < -0.3 is 20.1 Å². The zero-order chi connectivity index (χ0) is 19.3. The molecule has 1 aromatic rings. The van der Waals surface area contributed by atoms with Gasteiger partial charge in [0.1, 0.15) is 0 Å². The lowest BCUT2D eigenvalue weighted by Crippen LogP contribution is -2.38. The Balaban J connectivity index is 1.63. The van der Waals surface area contributed by atoms with Crippen molar-refractivity contribution in [3.05, 3.63) is 35.4 Å². The van der Waals surface area contributed by atoms with E-state index in [1.165, 1.54) is 11.1 Å². The molecule has 2 rings (SSSR count). The van der Waals surface area contributed by atoms with Crippen LogP contribution in [0, 0.1) is 5.92 Å². The van der Waals surface area contributed by atoms with Gasteiger partial charge in [-0.05, 0) is 23.5 Å². The minimum atomic E-state index is 0.688. The van der Waals surface area contributed by atoms with Crippen LogP contribution < -0.4 is 10.6 Å². The van der Waals surface area contributed by atoms with Crippen molar-refractivity contribution in [1.29, 1.82) is 0 Å². The highest BCUT2D eigenvalue weighted by Gasteiger charge is 2.10. The van der Waals surface area contributed by atoms with Crippen LogP contribution in [0.5, 0.6) is 0 Å². The molecule has 1 aromatic carbocycles. The van der Waals surface area contributed by atoms with Crippen LogP contribution in [0.1, 0.15) is 31.4 Å². The van der Waals surface area contributed by atoms with E-state index < -0.39 is 0 Å². The number of guanidine groups is 1. The van der Waals surface area contributed by atoms with Gasteiger partial charge in [-0.25, -0.2) is 0 Å². The maximum atomic E-state index is 5.62. The highest BCUT2D eigenvalue weighted by atomic mass is 16.5. The molecule has 1 fully saturated rings. The smallest absolute Gasteiger partial charge is 0.191 e. The van der Waals surface area contributed by atoms with Crippen LogP contribution in [0.3, 0.4) is 0 Å². The fourth-order valence-corrected chi connectivity index (χ4v) is 2.85. The maximum absolute atomic E-state index is 5.62. The summed E-state index contributed by atoms with van der Waals surface area (Å²) < 4.78 is 11.0. The van der Waals surface area contributed by atoms with Crippen LogP contribution in [-0.4, -0.2) is 64.0 Å². The molecule has 0 atom stereocenters. The monoisotopic (exact) mass is 376 g/mol. The number of hydrogen-bond acceptors (Lipinski definition) is 4. The summed E-state index contributed by atoms with van der Waals surface area (Å²) in [5, 5.41) is 6.64. The molecule has 152 valence electrons. The lowest BCUT2D eigenvalue weighted by molar-refractivity contribution is 0.0342. The van der Waals surface area contributed by atoms with Crippen molar-refractivity contribution in [2.24, 2.45) is 10.9 Å². The van der Waals surface area contributed by atoms with E-state index in [4.69, 9.17) is 9.47 Å². The quantitative estimate of drug-likeness (QED) is 0.373. The third-order valence-electron chi connectivity index (χ3n) is 4.59. The number of hydrogen-bond donors (Lipinski definition) is 2. The molecule has 0 bridgehead atoms. The van der Waals surface area contributed by atoms with Gasteiger partial charge in [-0.3, -0.25) is 9.89 Å². The predicted molar refractivity (Wildman–Crippen MR) is 111 cm³/mol. The Bertz CT molecular complexity index is 540. The van der Waals surface area contributed by atoms with Gasteiger partial charge in [0.2, 0.25) is 0 Å². The van der Waals surface area contributed by atoms with E-state index in [1.54, 1.807) is 7.05 Å². The SMILES string of the molecule is CN=C(NCCOCCC(C)C)NCc1ccc(CN2CCOCC2)cc1. The van der Waals surface area contributed by atoms with Crippen LogP contribution in [-0.2, 0) is 22.6 Å². The van der Waals surface area contributed by atoms with Gasteiger partial charge in [-0.15, -0.1) is 0 Å². The lowest BCUT2D eigenvalue weighted by atomic mass is 10.1. The Morgan fingerprint density at radius 2 is 1.81 bits per heavy atom. The number of benzene rings is 1. The number of aliphatic imine (C=N–C) groups is 1. The minimum absolute atomic E-state index is 0.688. The van der Waals surface area contributed by atoms with Crippen LogP contribution in [0.4, 0.5) is 0 Å². The molecule has 6 heteroatoms. The van der Waals surface area contributed by atoms with Gasteiger partial charge in [-0.2, -0.15) is 0 Å². The second-order valence-corrected chi connectivity index (χ2v) is 7.35. The van der Waals surface area contributed by atoms with Gasteiger partial charge in [0.05, 0.1) is 19.8 Å². The first kappa shape index (κ1) is 21.7. The fourth-order valence-electron chi connectivity index (χ4n) is 2.85. The zero-order valence-corrected chi connectivity index (χ0v) is 17.2. The summed E-state index contributed by atoms with van der Waals surface area (Å²) in [7, 11) is 1.79. The van der Waals surface area contributed by atoms with E-state index in [0.29, 0.717) is 12.5 Å². The van der Waals surface area contributed by atoms with Gasteiger partial charge >= 0.3 is 0 Å². The van der Waals surface area contributed by atoms with E-state index in [-0.39, 0.29) is 0 Å². The molecule has 2 N–H and O–H groups in total. The molecule has 0 amide bonds. The van der Waals surface area contributed by atoms with Crippen molar-refractivity contribution in [2.75, 3.05) is 53.1 Å². The number of rotatable bonds is 10. The first-order chi connectivity index (χ1) is 13.2. The molecule has 1 heterocycles. The highest BCUT2D eigenvalue weighted by Crippen LogP contribution is 2.09. The topological polar surface area (TPSA) is 58.1 Å². The summed E-state index contributed by atoms with van der Waals surface area (Å²) >= 11 is 0. The van der Waals surface area contributed by atoms with Crippen LogP contribution in [0.15, 0.2) is 29.3 Å². The molecular formula is C21H36N4O2. The lowest BCUT2D eigenvalue weighted by Gasteiger charge is -2.26. The van der Waals surface area contributed by atoms with Crippen molar-refractivity contribution in [1.82, 2.24) is 15.5 Å². The summed E-state index contributed by atoms with van der Waals surface area (Å²) in [6.07, 6.45) is 1.11. The van der Waals surface area contributed by atoms with Gasteiger partial charge in [-0.1, -0.05) is 38.1 Å². The molecule has 6 nitrogen and oxygen atoms in total. The molecule has 1 aliphatic rings. The third kappa shape index (κ3) is 9.22. The first-order valence-corrected chi connectivity index (χ1v) is 10.1. The molecule has 27 heavy (non-hydrogen) atoms.